The van der Waals surface area contributed by atoms with E-state index in [0.717, 1.165) is 0 Å². The van der Waals surface area contributed by atoms with Crippen LogP contribution in [0.2, 0.25) is 0 Å². The molecule has 0 aromatic heterocycles. The van der Waals surface area contributed by atoms with Crippen LogP contribution in [0.15, 0.2) is 0 Å². The number of esters is 1. The lowest BCUT2D eigenvalue weighted by Gasteiger charge is -2.33. The maximum Gasteiger partial charge on any atom is 0.407 e. The summed E-state index contributed by atoms with van der Waals surface area (Å²) in [5, 5.41) is 12.7. The van der Waals surface area contributed by atoms with E-state index in [2.05, 4.69) is 5.32 Å². The SMILES string of the molecule is CCOC(=O)[C@@H]1CC[C@H](NC(=O)OC(C)(C)C)[C@@H](O)C1. The van der Waals surface area contributed by atoms with E-state index in [1.165, 1.54) is 0 Å². The van der Waals surface area contributed by atoms with Crippen molar-refractivity contribution in [2.24, 2.45) is 5.92 Å². The van der Waals surface area contributed by atoms with Gasteiger partial charge in [-0.05, 0) is 47.0 Å². The second kappa shape index (κ2) is 6.92. The van der Waals surface area contributed by atoms with Crippen LogP contribution < -0.4 is 5.32 Å². The van der Waals surface area contributed by atoms with E-state index in [4.69, 9.17) is 9.47 Å². The number of aliphatic hydroxyl groups excluding tert-OH is 1. The van der Waals surface area contributed by atoms with Crippen molar-refractivity contribution in [1.29, 1.82) is 0 Å². The lowest BCUT2D eigenvalue weighted by Crippen LogP contribution is -2.49. The van der Waals surface area contributed by atoms with Gasteiger partial charge in [0.1, 0.15) is 5.60 Å². The molecular weight excluding hydrogens is 262 g/mol. The topological polar surface area (TPSA) is 84.9 Å². The average molecular weight is 287 g/mol. The molecule has 0 spiro atoms. The van der Waals surface area contributed by atoms with E-state index >= 15 is 0 Å². The first-order valence-electron chi connectivity index (χ1n) is 7.07. The molecule has 0 aliphatic heterocycles. The summed E-state index contributed by atoms with van der Waals surface area (Å²) in [5.41, 5.74) is -0.572. The third kappa shape index (κ3) is 5.36. The lowest BCUT2D eigenvalue weighted by atomic mass is 9.84. The zero-order chi connectivity index (χ0) is 15.3. The molecule has 1 saturated carbocycles. The summed E-state index contributed by atoms with van der Waals surface area (Å²) >= 11 is 0. The minimum atomic E-state index is -0.759. The molecule has 0 saturated heterocycles. The van der Waals surface area contributed by atoms with Gasteiger partial charge in [0.2, 0.25) is 0 Å². The molecule has 6 nitrogen and oxygen atoms in total. The van der Waals surface area contributed by atoms with Gasteiger partial charge >= 0.3 is 12.1 Å². The molecule has 0 aromatic carbocycles. The predicted octanol–water partition coefficient (Wildman–Crippen LogP) is 1.60. The Hall–Kier alpha value is -1.30. The number of hydrogen-bond donors (Lipinski definition) is 2. The molecule has 116 valence electrons. The minimum absolute atomic E-state index is 0.276. The standard InChI is InChI=1S/C14H25NO5/c1-5-19-12(17)9-6-7-10(11(16)8-9)15-13(18)20-14(2,3)4/h9-11,16H,5-8H2,1-4H3,(H,15,18)/t9-,10+,11+/m1/s1. The quantitative estimate of drug-likeness (QED) is 0.770. The van der Waals surface area contributed by atoms with Crippen molar-refractivity contribution in [2.75, 3.05) is 6.61 Å². The van der Waals surface area contributed by atoms with Gasteiger partial charge < -0.3 is 19.9 Å². The van der Waals surface area contributed by atoms with Crippen LogP contribution >= 0.6 is 0 Å². The summed E-state index contributed by atoms with van der Waals surface area (Å²) < 4.78 is 10.1. The Morgan fingerprint density at radius 3 is 2.45 bits per heavy atom. The monoisotopic (exact) mass is 287 g/mol. The van der Waals surface area contributed by atoms with Crippen LogP contribution in [0.25, 0.3) is 0 Å². The van der Waals surface area contributed by atoms with Gasteiger partial charge in [0.25, 0.3) is 0 Å². The molecule has 20 heavy (non-hydrogen) atoms. The molecular formula is C14H25NO5. The molecule has 1 aliphatic carbocycles. The Labute approximate surface area is 119 Å². The van der Waals surface area contributed by atoms with Gasteiger partial charge in [-0.25, -0.2) is 4.79 Å². The third-order valence-electron chi connectivity index (χ3n) is 3.14. The average Bonchev–Trinajstić information content (AvgIpc) is 2.29. The Morgan fingerprint density at radius 1 is 1.30 bits per heavy atom. The van der Waals surface area contributed by atoms with Crippen molar-refractivity contribution in [2.45, 2.75) is 64.7 Å². The molecule has 6 heteroatoms. The highest BCUT2D eigenvalue weighted by atomic mass is 16.6. The van der Waals surface area contributed by atoms with Crippen LogP contribution in [-0.4, -0.2) is 41.5 Å². The van der Waals surface area contributed by atoms with Gasteiger partial charge in [0.05, 0.1) is 24.7 Å². The summed E-state index contributed by atoms with van der Waals surface area (Å²) in [7, 11) is 0. The lowest BCUT2D eigenvalue weighted by molar-refractivity contribution is -0.150. The summed E-state index contributed by atoms with van der Waals surface area (Å²) in [6, 6.07) is -0.379. The predicted molar refractivity (Wildman–Crippen MR) is 73.1 cm³/mol. The van der Waals surface area contributed by atoms with Gasteiger partial charge in [-0.1, -0.05) is 0 Å². The van der Waals surface area contributed by atoms with Crippen LogP contribution in [0.3, 0.4) is 0 Å². The first kappa shape index (κ1) is 16.8. The van der Waals surface area contributed by atoms with E-state index in [1.54, 1.807) is 27.7 Å². The van der Waals surface area contributed by atoms with Crippen LogP contribution in [0.4, 0.5) is 4.79 Å². The maximum atomic E-state index is 11.7. The zero-order valence-electron chi connectivity index (χ0n) is 12.6. The van der Waals surface area contributed by atoms with Gasteiger partial charge in [0.15, 0.2) is 0 Å². The van der Waals surface area contributed by atoms with Gasteiger partial charge in [-0.15, -0.1) is 0 Å². The summed E-state index contributed by atoms with van der Waals surface area (Å²) in [4.78, 5) is 23.3. The highest BCUT2D eigenvalue weighted by Gasteiger charge is 2.35. The highest BCUT2D eigenvalue weighted by Crippen LogP contribution is 2.26. The first-order valence-corrected chi connectivity index (χ1v) is 7.07. The van der Waals surface area contributed by atoms with Crippen LogP contribution in [0, 0.1) is 5.92 Å². The summed E-state index contributed by atoms with van der Waals surface area (Å²) in [6.07, 6.45) is 0.126. The molecule has 0 radical (unpaired) electrons. The number of ether oxygens (including phenoxy) is 2. The number of nitrogens with one attached hydrogen (secondary N) is 1. The fraction of sp³-hybridized carbons (Fsp3) is 0.857. The molecule has 1 rings (SSSR count). The number of aliphatic hydroxyl groups is 1. The maximum absolute atomic E-state index is 11.7. The van der Waals surface area contributed by atoms with Crippen molar-refractivity contribution in [3.05, 3.63) is 0 Å². The number of carbonyl (C=O) groups excluding carboxylic acids is 2. The van der Waals surface area contributed by atoms with Crippen molar-refractivity contribution >= 4 is 12.1 Å². The van der Waals surface area contributed by atoms with E-state index < -0.39 is 17.8 Å². The molecule has 0 bridgehead atoms. The number of hydrogen-bond acceptors (Lipinski definition) is 5. The summed E-state index contributed by atoms with van der Waals surface area (Å²) in [5.74, 6) is -0.566. The normalized spacial score (nSPS) is 26.8. The van der Waals surface area contributed by atoms with E-state index in [-0.39, 0.29) is 17.9 Å². The molecule has 1 aliphatic rings. The van der Waals surface area contributed by atoms with Crippen molar-refractivity contribution in [3.63, 3.8) is 0 Å². The number of amides is 1. The Morgan fingerprint density at radius 2 is 1.95 bits per heavy atom. The molecule has 0 heterocycles. The molecule has 3 atom stereocenters. The van der Waals surface area contributed by atoms with Crippen molar-refractivity contribution in [3.8, 4) is 0 Å². The minimum Gasteiger partial charge on any atom is -0.466 e. The van der Waals surface area contributed by atoms with Crippen molar-refractivity contribution < 1.29 is 24.2 Å². The first-order chi connectivity index (χ1) is 9.23. The van der Waals surface area contributed by atoms with E-state index in [1.807, 2.05) is 0 Å². The van der Waals surface area contributed by atoms with E-state index in [9.17, 15) is 14.7 Å². The summed E-state index contributed by atoms with van der Waals surface area (Å²) in [6.45, 7) is 7.43. The van der Waals surface area contributed by atoms with Crippen molar-refractivity contribution in [1.82, 2.24) is 5.32 Å². The largest absolute Gasteiger partial charge is 0.466 e. The van der Waals surface area contributed by atoms with Crippen LogP contribution in [0.1, 0.15) is 47.0 Å². The fourth-order valence-corrected chi connectivity index (χ4v) is 2.25. The number of carbonyl (C=O) groups is 2. The smallest absolute Gasteiger partial charge is 0.407 e. The number of rotatable bonds is 3. The Kier molecular flexibility index (Phi) is 5.80. The molecule has 2 N–H and O–H groups in total. The van der Waals surface area contributed by atoms with Gasteiger partial charge in [-0.2, -0.15) is 0 Å². The molecule has 0 unspecified atom stereocenters. The molecule has 1 amide bonds. The van der Waals surface area contributed by atoms with Gasteiger partial charge in [-0.3, -0.25) is 4.79 Å². The zero-order valence-corrected chi connectivity index (χ0v) is 12.6. The Bertz CT molecular complexity index is 350. The van der Waals surface area contributed by atoms with Crippen LogP contribution in [-0.2, 0) is 14.3 Å². The second-order valence-corrected chi connectivity index (χ2v) is 6.08. The van der Waals surface area contributed by atoms with Gasteiger partial charge in [0, 0.05) is 0 Å². The Balaban J connectivity index is 2.45. The molecule has 1 fully saturated rings. The third-order valence-corrected chi connectivity index (χ3v) is 3.14. The fourth-order valence-electron chi connectivity index (χ4n) is 2.25. The molecule has 0 aromatic rings. The van der Waals surface area contributed by atoms with E-state index in [0.29, 0.717) is 25.9 Å². The highest BCUT2D eigenvalue weighted by molar-refractivity contribution is 5.73. The second-order valence-electron chi connectivity index (χ2n) is 6.08. The number of alkyl carbamates (subject to hydrolysis) is 1. The van der Waals surface area contributed by atoms with Crippen LogP contribution in [0.5, 0.6) is 0 Å².